The minimum Gasteiger partial charge on any atom is -0.512 e. The number of aliphatic hydroxyl groups excluding tert-OH is 1. The lowest BCUT2D eigenvalue weighted by molar-refractivity contribution is -0.113. The Kier molecular flexibility index (Phi) is 4.56. The van der Waals surface area contributed by atoms with E-state index in [-0.39, 0.29) is 28.7 Å². The molecule has 1 saturated heterocycles. The van der Waals surface area contributed by atoms with Crippen molar-refractivity contribution >= 4 is 12.0 Å². The first-order valence-electron chi connectivity index (χ1n) is 6.76. The van der Waals surface area contributed by atoms with Crippen molar-refractivity contribution in [1.82, 2.24) is 5.32 Å². The molecule has 19 heavy (non-hydrogen) atoms. The Bertz CT molecular complexity index is 400. The number of piperidine rings is 1. The quantitative estimate of drug-likeness (QED) is 0.469. The van der Waals surface area contributed by atoms with E-state index in [1.807, 2.05) is 0 Å². The van der Waals surface area contributed by atoms with E-state index in [0.29, 0.717) is 5.57 Å². The van der Waals surface area contributed by atoms with Crippen LogP contribution in [0.3, 0.4) is 0 Å². The SMILES string of the molecule is CC(=O)C(C=NC1CC(C)(C)NC(C)(C)C1)=C(C)O. The average Bonchev–Trinajstić information content (AvgIpc) is 2.10. The van der Waals surface area contributed by atoms with Gasteiger partial charge in [-0.2, -0.15) is 0 Å². The summed E-state index contributed by atoms with van der Waals surface area (Å²) in [7, 11) is 0. The van der Waals surface area contributed by atoms with Gasteiger partial charge in [0.15, 0.2) is 5.78 Å². The van der Waals surface area contributed by atoms with Gasteiger partial charge in [0, 0.05) is 17.3 Å². The number of hydrogen-bond acceptors (Lipinski definition) is 4. The van der Waals surface area contributed by atoms with Gasteiger partial charge in [-0.3, -0.25) is 9.79 Å². The maximum atomic E-state index is 11.4. The van der Waals surface area contributed by atoms with E-state index in [4.69, 9.17) is 0 Å². The van der Waals surface area contributed by atoms with Crippen molar-refractivity contribution in [3.05, 3.63) is 11.3 Å². The molecule has 0 amide bonds. The summed E-state index contributed by atoms with van der Waals surface area (Å²) >= 11 is 0. The van der Waals surface area contributed by atoms with Crippen molar-refractivity contribution < 1.29 is 9.90 Å². The van der Waals surface area contributed by atoms with Crippen molar-refractivity contribution in [3.8, 4) is 0 Å². The molecule has 1 heterocycles. The van der Waals surface area contributed by atoms with E-state index in [1.165, 1.54) is 20.1 Å². The summed E-state index contributed by atoms with van der Waals surface area (Å²) in [5.41, 5.74) is 0.352. The Morgan fingerprint density at radius 3 is 2.05 bits per heavy atom. The van der Waals surface area contributed by atoms with Crippen molar-refractivity contribution in [3.63, 3.8) is 0 Å². The standard InChI is InChI=1S/C15H26N2O2/c1-10(18)13(11(2)19)9-16-12-7-14(3,4)17-15(5,6)8-12/h9,12,17-18H,7-8H2,1-6H3. The van der Waals surface area contributed by atoms with Crippen LogP contribution < -0.4 is 5.32 Å². The number of aliphatic imine (C=N–C) groups is 1. The lowest BCUT2D eigenvalue weighted by Crippen LogP contribution is -2.58. The maximum absolute atomic E-state index is 11.4. The first-order chi connectivity index (χ1) is 8.52. The van der Waals surface area contributed by atoms with Gasteiger partial charge in [0.05, 0.1) is 11.6 Å². The molecule has 0 aliphatic carbocycles. The van der Waals surface area contributed by atoms with Gasteiger partial charge in [-0.1, -0.05) is 0 Å². The van der Waals surface area contributed by atoms with E-state index in [1.54, 1.807) is 0 Å². The number of aliphatic hydroxyl groups is 1. The predicted molar refractivity (Wildman–Crippen MR) is 78.8 cm³/mol. The third-order valence-electron chi connectivity index (χ3n) is 3.35. The average molecular weight is 266 g/mol. The normalized spacial score (nSPS) is 24.3. The van der Waals surface area contributed by atoms with Gasteiger partial charge in [0.2, 0.25) is 0 Å². The molecule has 1 fully saturated rings. The highest BCUT2D eigenvalue weighted by Crippen LogP contribution is 2.30. The topological polar surface area (TPSA) is 61.7 Å². The van der Waals surface area contributed by atoms with Crippen LogP contribution >= 0.6 is 0 Å². The third-order valence-corrected chi connectivity index (χ3v) is 3.35. The van der Waals surface area contributed by atoms with Crippen LogP contribution in [0.2, 0.25) is 0 Å². The summed E-state index contributed by atoms with van der Waals surface area (Å²) in [4.78, 5) is 15.9. The molecule has 1 aliphatic heterocycles. The molecule has 108 valence electrons. The highest BCUT2D eigenvalue weighted by molar-refractivity contribution is 6.12. The molecule has 0 aromatic carbocycles. The summed E-state index contributed by atoms with van der Waals surface area (Å²) in [6, 6.07) is 0.167. The number of Topliss-reactive ketones (excluding diaryl/α,β-unsaturated/α-hetero) is 1. The molecule has 0 aromatic rings. The van der Waals surface area contributed by atoms with Crippen LogP contribution in [-0.2, 0) is 4.79 Å². The van der Waals surface area contributed by atoms with E-state index in [0.717, 1.165) is 12.8 Å². The minimum absolute atomic E-state index is 0.0259. The fourth-order valence-electron chi connectivity index (χ4n) is 2.99. The molecule has 0 spiro atoms. The van der Waals surface area contributed by atoms with Gasteiger partial charge in [0.1, 0.15) is 5.76 Å². The van der Waals surface area contributed by atoms with Crippen LogP contribution in [0.4, 0.5) is 0 Å². The van der Waals surface area contributed by atoms with Crippen LogP contribution in [-0.4, -0.2) is 34.2 Å². The van der Waals surface area contributed by atoms with E-state index in [2.05, 4.69) is 38.0 Å². The van der Waals surface area contributed by atoms with Gasteiger partial charge < -0.3 is 10.4 Å². The van der Waals surface area contributed by atoms with E-state index in [9.17, 15) is 9.90 Å². The molecule has 0 aromatic heterocycles. The molecule has 1 aliphatic rings. The summed E-state index contributed by atoms with van der Waals surface area (Å²) < 4.78 is 0. The predicted octanol–water partition coefficient (Wildman–Crippen LogP) is 2.79. The zero-order valence-electron chi connectivity index (χ0n) is 12.9. The van der Waals surface area contributed by atoms with Crippen LogP contribution in [0.25, 0.3) is 0 Å². The molecule has 0 radical (unpaired) electrons. The fraction of sp³-hybridized carbons (Fsp3) is 0.733. The largest absolute Gasteiger partial charge is 0.512 e. The van der Waals surface area contributed by atoms with E-state index < -0.39 is 0 Å². The van der Waals surface area contributed by atoms with Crippen LogP contribution in [0, 0.1) is 0 Å². The summed E-state index contributed by atoms with van der Waals surface area (Å²) in [6.07, 6.45) is 3.37. The summed E-state index contributed by atoms with van der Waals surface area (Å²) in [5, 5.41) is 13.1. The Balaban J connectivity index is 2.87. The molecule has 4 nitrogen and oxygen atoms in total. The number of hydrogen-bond donors (Lipinski definition) is 2. The highest BCUT2D eigenvalue weighted by atomic mass is 16.3. The molecule has 0 unspecified atom stereocenters. The second-order valence-electron chi connectivity index (χ2n) is 6.79. The smallest absolute Gasteiger partial charge is 0.164 e. The molecule has 1 rings (SSSR count). The lowest BCUT2D eigenvalue weighted by Gasteiger charge is -2.45. The second kappa shape index (κ2) is 5.45. The summed E-state index contributed by atoms with van der Waals surface area (Å²) in [5.74, 6) is -0.125. The van der Waals surface area contributed by atoms with Gasteiger partial charge in [0.25, 0.3) is 0 Å². The van der Waals surface area contributed by atoms with Crippen molar-refractivity contribution in [2.45, 2.75) is 71.5 Å². The molecular formula is C15H26N2O2. The Morgan fingerprint density at radius 1 is 1.21 bits per heavy atom. The van der Waals surface area contributed by atoms with Gasteiger partial charge >= 0.3 is 0 Å². The van der Waals surface area contributed by atoms with Gasteiger partial charge in [-0.15, -0.1) is 0 Å². The Hall–Kier alpha value is -1.16. The zero-order chi connectivity index (χ0) is 14.8. The number of allylic oxidation sites excluding steroid dienone is 2. The maximum Gasteiger partial charge on any atom is 0.164 e. The molecule has 0 saturated carbocycles. The fourth-order valence-corrected chi connectivity index (χ4v) is 2.99. The number of nitrogens with zero attached hydrogens (tertiary/aromatic N) is 1. The van der Waals surface area contributed by atoms with Crippen LogP contribution in [0.1, 0.15) is 54.4 Å². The Morgan fingerprint density at radius 2 is 1.68 bits per heavy atom. The lowest BCUT2D eigenvalue weighted by atomic mass is 9.80. The Labute approximate surface area is 116 Å². The van der Waals surface area contributed by atoms with Crippen molar-refractivity contribution in [2.24, 2.45) is 4.99 Å². The van der Waals surface area contributed by atoms with Crippen LogP contribution in [0.5, 0.6) is 0 Å². The molecule has 4 heteroatoms. The number of carbonyl (C=O) groups is 1. The van der Waals surface area contributed by atoms with Gasteiger partial charge in [-0.05, 0) is 54.4 Å². The molecule has 2 N–H and O–H groups in total. The third kappa shape index (κ3) is 4.78. The van der Waals surface area contributed by atoms with Crippen molar-refractivity contribution in [2.75, 3.05) is 0 Å². The monoisotopic (exact) mass is 266 g/mol. The molecular weight excluding hydrogens is 240 g/mol. The van der Waals surface area contributed by atoms with E-state index >= 15 is 0 Å². The number of carbonyl (C=O) groups excluding carboxylic acids is 1. The van der Waals surface area contributed by atoms with Crippen LogP contribution in [0.15, 0.2) is 16.3 Å². The number of rotatable bonds is 3. The highest BCUT2D eigenvalue weighted by Gasteiger charge is 2.37. The zero-order valence-corrected chi connectivity index (χ0v) is 12.9. The summed E-state index contributed by atoms with van der Waals surface area (Å²) in [6.45, 7) is 11.6. The first-order valence-corrected chi connectivity index (χ1v) is 6.76. The van der Waals surface area contributed by atoms with Gasteiger partial charge in [-0.25, -0.2) is 0 Å². The molecule has 0 bridgehead atoms. The first kappa shape index (κ1) is 15.9. The number of ketones is 1. The molecule has 0 atom stereocenters. The second-order valence-corrected chi connectivity index (χ2v) is 6.79. The van der Waals surface area contributed by atoms with Crippen molar-refractivity contribution in [1.29, 1.82) is 0 Å². The minimum atomic E-state index is -0.156. The number of nitrogens with one attached hydrogen (secondary N) is 1.